The number of β-lactam (4-membered cyclic amide) rings is 3. The van der Waals surface area contributed by atoms with Gasteiger partial charge in [0.15, 0.2) is 52.4 Å². The molecule has 0 unspecified atom stereocenters. The molecule has 7 amide bonds. The number of nitrogens with two attached hydrogens (primary N) is 4. The van der Waals surface area contributed by atoms with Crippen molar-refractivity contribution in [3.8, 4) is 17.2 Å². The van der Waals surface area contributed by atoms with E-state index in [2.05, 4.69) is 91.7 Å². The van der Waals surface area contributed by atoms with Gasteiger partial charge in [-0.1, -0.05) is 125 Å². The maximum Gasteiger partial charge on any atom is 0.418 e. The van der Waals surface area contributed by atoms with E-state index in [1.165, 1.54) is 97.0 Å². The van der Waals surface area contributed by atoms with Gasteiger partial charge in [0.1, 0.15) is 83.4 Å². The predicted octanol–water partition coefficient (Wildman–Crippen LogP) is 6.60. The monoisotopic (exact) mass is 2180 g/mol. The fraction of sp³-hybridized carbons (Fsp3) is 0.427. The third-order valence-electron chi connectivity index (χ3n) is 24.5. The normalized spacial score (nSPS) is 17.8. The van der Waals surface area contributed by atoms with Gasteiger partial charge in [0.05, 0.1) is 16.6 Å². The van der Waals surface area contributed by atoms with Gasteiger partial charge in [-0.05, 0) is 213 Å². The van der Waals surface area contributed by atoms with Crippen LogP contribution < -0.4 is 63.7 Å². The van der Waals surface area contributed by atoms with Crippen molar-refractivity contribution in [3.05, 3.63) is 229 Å². The third kappa shape index (κ3) is 30.0. The molecule has 0 aliphatic carbocycles. The lowest BCUT2D eigenvalue weighted by atomic mass is 9.77. The minimum Gasteiger partial charge on any atom is -0.490 e. The molecule has 3 saturated heterocycles. The van der Waals surface area contributed by atoms with Crippen molar-refractivity contribution in [2.75, 3.05) is 115 Å². The van der Waals surface area contributed by atoms with Crippen LogP contribution in [0.2, 0.25) is 0 Å². The molecule has 15 rings (SSSR count). The van der Waals surface area contributed by atoms with Crippen LogP contribution in [0, 0.1) is 0 Å². The molecule has 3 aromatic heterocycles. The number of nitrogens with one attached hydrogen (secondary N) is 5. The van der Waals surface area contributed by atoms with Crippen LogP contribution in [0.1, 0.15) is 149 Å². The molecule has 149 heavy (non-hydrogen) atoms. The van der Waals surface area contributed by atoms with E-state index in [9.17, 15) is 63.4 Å². The Labute approximate surface area is 873 Å². The number of carbonyl (C=O) groups excluding carboxylic acids is 7. The lowest BCUT2D eigenvalue weighted by Crippen LogP contribution is -2.76. The van der Waals surface area contributed by atoms with E-state index in [1.807, 2.05) is 154 Å². The number of amides is 7. The van der Waals surface area contributed by atoms with Crippen LogP contribution in [0.5, 0.6) is 17.2 Å². The standard InChI is InChI=1S/C48H55N7O10S2.2C24H33N7O8S2/c1-46(2,3)64-45(58)49-25-15-26-54-27-24-33-30-38(23-22-34(33)31-54)62-28-29-63-53-40(42(56)51-41-43(57)55(47(41,4)5)65-67(59,60)61)39-32-66-44(50-39)52-48(35-16-9-6-10-17-35,36-18-11-7-12-19-36)37-20-13-8-14-21-37;2*1-24(2)20(22(33)31(24)39-41(34,35)36)28-21(32)19(18-14-40-23(26)27-18)29-38-11-10-37-17-5-4-16-13-30(8-3-7-25)9-6-15(16)12-17/h6-14,16-23,30,32,41H,15,24-29,31H2,1-5H3,(H,49,58)(H,50,52)(H,51,56)(H,59,60,61);2*4-5,12,14,20H,3,6-11,13,25H2,1-2H3,(H2,26,27)(H,28,32)(H,34,35,36)/b53-40-;2*29-19-/t41-;2*20-/m111/s1. The highest BCUT2D eigenvalue weighted by Gasteiger charge is 2.61. The Morgan fingerprint density at radius 3 is 1.05 bits per heavy atom. The summed E-state index contributed by atoms with van der Waals surface area (Å²) < 4.78 is 130. The Balaban J connectivity index is 0.000000196. The molecule has 6 aromatic carbocycles. The quantitative estimate of drug-likeness (QED) is 0.00477. The van der Waals surface area contributed by atoms with Gasteiger partial charge >= 0.3 is 37.3 Å². The van der Waals surface area contributed by atoms with Crippen LogP contribution in [0.25, 0.3) is 0 Å². The molecule has 802 valence electrons. The first-order valence-electron chi connectivity index (χ1n) is 47.4. The molecule has 47 nitrogen and oxygen atoms in total. The number of fused-ring (bicyclic) bond motifs is 3. The van der Waals surface area contributed by atoms with Crippen LogP contribution in [0.3, 0.4) is 0 Å². The number of alkyl carbamates (subject to hydrolysis) is 1. The summed E-state index contributed by atoms with van der Waals surface area (Å²) in [6.45, 7) is 24.5. The maximum absolute atomic E-state index is 14.1. The molecule has 0 spiro atoms. The van der Waals surface area contributed by atoms with E-state index >= 15 is 0 Å². The van der Waals surface area contributed by atoms with Crippen molar-refractivity contribution in [2.45, 2.75) is 166 Å². The van der Waals surface area contributed by atoms with Gasteiger partial charge < -0.3 is 83.0 Å². The highest BCUT2D eigenvalue weighted by atomic mass is 32.3. The smallest absolute Gasteiger partial charge is 0.418 e. The Bertz CT molecular complexity index is 6390. The van der Waals surface area contributed by atoms with E-state index in [-0.39, 0.29) is 84.1 Å². The number of nitrogens with zero attached hydrogens (tertiary/aromatic N) is 12. The Morgan fingerprint density at radius 2 is 0.758 bits per heavy atom. The lowest BCUT2D eigenvalue weighted by Gasteiger charge is -2.50. The number of oxime groups is 3. The number of aromatic nitrogens is 3. The first kappa shape index (κ1) is 113. The summed E-state index contributed by atoms with van der Waals surface area (Å²) in [7, 11) is -14.9. The molecule has 3 atom stereocenters. The zero-order chi connectivity index (χ0) is 107. The number of anilines is 3. The van der Waals surface area contributed by atoms with Gasteiger partial charge in [-0.25, -0.2) is 19.7 Å². The van der Waals surface area contributed by atoms with Crippen molar-refractivity contribution in [1.29, 1.82) is 0 Å². The highest BCUT2D eigenvalue weighted by molar-refractivity contribution is 7.81. The number of nitrogen functional groups attached to an aromatic ring is 2. The minimum absolute atomic E-state index is 0.00415. The number of benzene rings is 6. The van der Waals surface area contributed by atoms with Gasteiger partial charge in [0.2, 0.25) is 0 Å². The van der Waals surface area contributed by atoms with E-state index in [4.69, 9.17) is 70.5 Å². The molecule has 6 aliphatic heterocycles. The molecule has 0 radical (unpaired) electrons. The second-order valence-corrected chi connectivity index (χ2v) is 43.2. The molecule has 53 heteroatoms. The summed E-state index contributed by atoms with van der Waals surface area (Å²) in [5.74, 6) is -3.11. The molecular weight excluding hydrogens is 2060 g/mol. The van der Waals surface area contributed by atoms with Crippen molar-refractivity contribution in [3.63, 3.8) is 0 Å². The number of hydrogen-bond donors (Lipinski definition) is 12. The second kappa shape index (κ2) is 49.6. The van der Waals surface area contributed by atoms with E-state index in [0.717, 1.165) is 137 Å². The number of ether oxygens (including phenoxy) is 4. The number of thiazole rings is 3. The fourth-order valence-electron chi connectivity index (χ4n) is 17.0. The summed E-state index contributed by atoms with van der Waals surface area (Å²) in [5, 5.41) is 33.0. The first-order valence-corrected chi connectivity index (χ1v) is 54.1. The molecule has 0 bridgehead atoms. The zero-order valence-corrected chi connectivity index (χ0v) is 88.0. The Kier molecular flexibility index (Phi) is 37.6. The molecular formula is C96H121N21O26S6. The van der Waals surface area contributed by atoms with Crippen LogP contribution in [-0.2, 0) is 137 Å². The van der Waals surface area contributed by atoms with Gasteiger partial charge in [-0.15, -0.1) is 46.9 Å². The Morgan fingerprint density at radius 1 is 0.443 bits per heavy atom. The minimum atomic E-state index is -5.02. The molecule has 16 N–H and O–H groups in total. The zero-order valence-electron chi connectivity index (χ0n) is 83.1. The predicted molar refractivity (Wildman–Crippen MR) is 551 cm³/mol. The second-order valence-electron chi connectivity index (χ2n) is 37.5. The van der Waals surface area contributed by atoms with Crippen molar-refractivity contribution < 1.29 is 119 Å². The topological polar surface area (TPSA) is 634 Å². The molecule has 3 fully saturated rings. The number of hydrogen-bond acceptors (Lipinski definition) is 40. The van der Waals surface area contributed by atoms with E-state index in [0.29, 0.717) is 57.2 Å². The molecule has 9 heterocycles. The summed E-state index contributed by atoms with van der Waals surface area (Å²) in [4.78, 5) is 127. The molecule has 6 aliphatic rings. The van der Waals surface area contributed by atoms with E-state index < -0.39 is 119 Å². The summed E-state index contributed by atoms with van der Waals surface area (Å²) in [6, 6.07) is 44.0. The van der Waals surface area contributed by atoms with Gasteiger partial charge in [0, 0.05) is 68.5 Å². The summed E-state index contributed by atoms with van der Waals surface area (Å²) in [6.07, 6.45) is 5.00. The number of hydroxylamine groups is 6. The van der Waals surface area contributed by atoms with Crippen molar-refractivity contribution in [1.82, 2.24) is 66.1 Å². The van der Waals surface area contributed by atoms with Crippen LogP contribution >= 0.6 is 34.0 Å². The highest BCUT2D eigenvalue weighted by Crippen LogP contribution is 2.43. The fourth-order valence-corrected chi connectivity index (χ4v) is 20.2. The maximum atomic E-state index is 14.1. The summed E-state index contributed by atoms with van der Waals surface area (Å²) >= 11 is 3.39. The van der Waals surface area contributed by atoms with E-state index in [1.54, 1.807) is 5.38 Å². The van der Waals surface area contributed by atoms with Crippen LogP contribution in [-0.4, -0.2) is 281 Å². The van der Waals surface area contributed by atoms with Crippen LogP contribution in [0.4, 0.5) is 20.2 Å². The third-order valence-corrected chi connectivity index (χ3v) is 27.6. The van der Waals surface area contributed by atoms with Crippen LogP contribution in [0.15, 0.2) is 177 Å². The van der Waals surface area contributed by atoms with Gasteiger partial charge in [-0.2, -0.15) is 40.4 Å². The van der Waals surface area contributed by atoms with Crippen molar-refractivity contribution >= 4 is 139 Å². The van der Waals surface area contributed by atoms with Crippen molar-refractivity contribution in [2.24, 2.45) is 26.9 Å². The average Bonchev–Trinajstić information content (AvgIpc) is 0.784. The summed E-state index contributed by atoms with van der Waals surface area (Å²) in [5.41, 5.74) is 27.0. The lowest BCUT2D eigenvalue weighted by molar-refractivity contribution is -0.218. The first-order chi connectivity index (χ1) is 70.7. The molecule has 0 saturated carbocycles. The van der Waals surface area contributed by atoms with Gasteiger partial charge in [-0.3, -0.25) is 57.1 Å². The number of carbonyl (C=O) groups is 7. The Hall–Kier alpha value is -13.1. The SMILES string of the molecule is CC(C)(C)OC(=O)NCCCN1CCc2cc(OCCO/N=C(\C(=O)N[C@@H]3C(=O)N(OS(=O)(=O)O)C3(C)C)c3csc(NC(c4ccccc4)(c4ccccc4)c4ccccc4)n3)ccc2C1.CC1(C)[C@H](NC(=O)/C(=N\OCCOc2ccc3c(c2)CCN(CCCN)C3)c2csc(N)n2)C(=O)N1OS(=O)(=O)O.CC1(C)[C@H](NC(=O)/C(=N\OCCOc2ccc3c(c2)CCN(CCCN)C3)c2csc(N)n2)C(=O)N1OS(=O)(=O)O. The number of rotatable bonds is 45. The largest absolute Gasteiger partial charge is 0.490 e. The average molecular weight is 2180 g/mol. The molecule has 9 aromatic rings. The van der Waals surface area contributed by atoms with Gasteiger partial charge in [0.25, 0.3) is 35.4 Å².